The van der Waals surface area contributed by atoms with Gasteiger partial charge in [-0.15, -0.1) is 0 Å². The maximum absolute atomic E-state index is 6.27. The molecule has 23 heavy (non-hydrogen) atoms. The number of anilines is 2. The second-order valence-electron chi connectivity index (χ2n) is 5.77. The number of hydrogen-bond donors (Lipinski definition) is 0. The van der Waals surface area contributed by atoms with Crippen molar-refractivity contribution >= 4 is 34.5 Å². The van der Waals surface area contributed by atoms with Gasteiger partial charge in [-0.25, -0.2) is 4.98 Å². The van der Waals surface area contributed by atoms with Gasteiger partial charge in [-0.2, -0.15) is 9.97 Å². The lowest BCUT2D eigenvalue weighted by Gasteiger charge is -2.16. The Balaban J connectivity index is 2.13. The number of aromatic nitrogens is 4. The zero-order valence-electron chi connectivity index (χ0n) is 13.7. The van der Waals surface area contributed by atoms with Gasteiger partial charge < -0.3 is 14.4 Å². The lowest BCUT2D eigenvalue weighted by molar-refractivity contribution is 0.811. The average molecular weight is 331 g/mol. The maximum atomic E-state index is 6.27. The van der Waals surface area contributed by atoms with Crippen molar-refractivity contribution in [3.63, 3.8) is 0 Å². The van der Waals surface area contributed by atoms with Gasteiger partial charge in [-0.3, -0.25) is 0 Å². The zero-order valence-corrected chi connectivity index (χ0v) is 14.4. The van der Waals surface area contributed by atoms with Gasteiger partial charge in [-0.05, 0) is 11.6 Å². The molecule has 0 N–H and O–H groups in total. The normalized spacial score (nSPS) is 11.0. The Morgan fingerprint density at radius 2 is 1.78 bits per heavy atom. The summed E-state index contributed by atoms with van der Waals surface area (Å²) in [5.41, 5.74) is 2.62. The van der Waals surface area contributed by atoms with Crippen molar-refractivity contribution < 1.29 is 0 Å². The first-order chi connectivity index (χ1) is 11.0. The molecule has 0 aliphatic carbocycles. The van der Waals surface area contributed by atoms with Crippen molar-refractivity contribution in [3.05, 3.63) is 41.2 Å². The fourth-order valence-corrected chi connectivity index (χ4v) is 2.55. The van der Waals surface area contributed by atoms with Crippen LogP contribution in [0.2, 0.25) is 5.02 Å². The number of imidazole rings is 1. The third kappa shape index (κ3) is 2.94. The van der Waals surface area contributed by atoms with Crippen molar-refractivity contribution in [2.45, 2.75) is 6.54 Å². The summed E-state index contributed by atoms with van der Waals surface area (Å²) in [6.45, 7) is 0.618. The first kappa shape index (κ1) is 15.6. The molecule has 0 aliphatic heterocycles. The summed E-state index contributed by atoms with van der Waals surface area (Å²) < 4.78 is 2.00. The second-order valence-corrected chi connectivity index (χ2v) is 6.18. The second kappa shape index (κ2) is 6.04. The van der Waals surface area contributed by atoms with Crippen LogP contribution in [-0.4, -0.2) is 47.7 Å². The van der Waals surface area contributed by atoms with Crippen molar-refractivity contribution in [2.24, 2.45) is 0 Å². The first-order valence-corrected chi connectivity index (χ1v) is 7.66. The molecule has 0 unspecified atom stereocenters. The van der Waals surface area contributed by atoms with E-state index in [1.165, 1.54) is 0 Å². The highest BCUT2D eigenvalue weighted by atomic mass is 35.5. The van der Waals surface area contributed by atoms with E-state index in [1.807, 2.05) is 66.8 Å². The fourth-order valence-electron chi connectivity index (χ4n) is 2.36. The molecule has 1 aromatic carbocycles. The molecule has 2 aromatic heterocycles. The molecule has 0 saturated carbocycles. The van der Waals surface area contributed by atoms with E-state index in [0.29, 0.717) is 12.5 Å². The van der Waals surface area contributed by atoms with Gasteiger partial charge in [0.15, 0.2) is 17.0 Å². The maximum Gasteiger partial charge on any atom is 0.228 e. The van der Waals surface area contributed by atoms with Crippen LogP contribution >= 0.6 is 11.6 Å². The molecule has 0 bridgehead atoms. The van der Waals surface area contributed by atoms with E-state index in [-0.39, 0.29) is 0 Å². The van der Waals surface area contributed by atoms with Crippen LogP contribution in [0.5, 0.6) is 0 Å². The number of benzene rings is 1. The Labute approximate surface area is 140 Å². The summed E-state index contributed by atoms with van der Waals surface area (Å²) in [6.07, 6.45) is 1.79. The van der Waals surface area contributed by atoms with Gasteiger partial charge in [0.25, 0.3) is 0 Å². The van der Waals surface area contributed by atoms with Gasteiger partial charge >= 0.3 is 0 Å². The topological polar surface area (TPSA) is 50.1 Å². The quantitative estimate of drug-likeness (QED) is 0.736. The molecule has 0 aliphatic rings. The number of hydrogen-bond acceptors (Lipinski definition) is 5. The third-order valence-electron chi connectivity index (χ3n) is 3.56. The molecular weight excluding hydrogens is 312 g/mol. The van der Waals surface area contributed by atoms with Crippen LogP contribution in [0, 0.1) is 0 Å². The minimum Gasteiger partial charge on any atom is -0.361 e. The molecule has 0 spiro atoms. The van der Waals surface area contributed by atoms with E-state index in [1.54, 1.807) is 6.33 Å². The summed E-state index contributed by atoms with van der Waals surface area (Å²) in [5, 5.41) is 0.740. The number of fused-ring (bicyclic) bond motifs is 1. The van der Waals surface area contributed by atoms with Gasteiger partial charge in [0, 0.05) is 33.2 Å². The number of rotatable bonds is 4. The largest absolute Gasteiger partial charge is 0.361 e. The zero-order chi connectivity index (χ0) is 16.6. The van der Waals surface area contributed by atoms with Gasteiger partial charge in [0.1, 0.15) is 0 Å². The smallest absolute Gasteiger partial charge is 0.228 e. The minimum absolute atomic E-state index is 0.618. The van der Waals surface area contributed by atoms with E-state index < -0.39 is 0 Å². The van der Waals surface area contributed by atoms with Crippen LogP contribution < -0.4 is 9.80 Å². The van der Waals surface area contributed by atoms with E-state index in [9.17, 15) is 0 Å². The minimum atomic E-state index is 0.618. The van der Waals surface area contributed by atoms with Gasteiger partial charge in [0.2, 0.25) is 5.95 Å². The van der Waals surface area contributed by atoms with E-state index >= 15 is 0 Å². The Hall–Kier alpha value is -2.34. The SMILES string of the molecule is CN(C)c1nc(N(C)C)c2ncn(Cc3ccccc3Cl)c2n1. The predicted molar refractivity (Wildman–Crippen MR) is 94.5 cm³/mol. The summed E-state index contributed by atoms with van der Waals surface area (Å²) in [6, 6.07) is 7.80. The van der Waals surface area contributed by atoms with Crippen LogP contribution in [0.4, 0.5) is 11.8 Å². The summed E-state index contributed by atoms with van der Waals surface area (Å²) in [4.78, 5) is 17.6. The van der Waals surface area contributed by atoms with Crippen LogP contribution in [0.15, 0.2) is 30.6 Å². The molecule has 3 rings (SSSR count). The Kier molecular flexibility index (Phi) is 4.09. The van der Waals surface area contributed by atoms with Gasteiger partial charge in [0.05, 0.1) is 12.9 Å². The molecule has 0 atom stereocenters. The van der Waals surface area contributed by atoms with E-state index in [0.717, 1.165) is 27.6 Å². The lowest BCUT2D eigenvalue weighted by atomic mass is 10.2. The molecule has 6 nitrogen and oxygen atoms in total. The average Bonchev–Trinajstić information content (AvgIpc) is 2.91. The standard InChI is InChI=1S/C16H19ClN6/c1-21(2)14-13-15(20-16(19-14)22(3)4)23(10-18-13)9-11-7-5-6-8-12(11)17/h5-8,10H,9H2,1-4H3. The van der Waals surface area contributed by atoms with Gasteiger partial charge in [-0.1, -0.05) is 29.8 Å². The van der Waals surface area contributed by atoms with Crippen LogP contribution in [0.25, 0.3) is 11.2 Å². The summed E-state index contributed by atoms with van der Waals surface area (Å²) in [7, 11) is 7.76. The van der Waals surface area contributed by atoms with Crippen LogP contribution in [-0.2, 0) is 6.54 Å². The molecular formula is C16H19ClN6. The highest BCUT2D eigenvalue weighted by Gasteiger charge is 2.16. The first-order valence-electron chi connectivity index (χ1n) is 7.28. The molecule has 0 amide bonds. The monoisotopic (exact) mass is 330 g/mol. The lowest BCUT2D eigenvalue weighted by Crippen LogP contribution is -2.18. The van der Waals surface area contributed by atoms with Crippen LogP contribution in [0.1, 0.15) is 5.56 Å². The molecule has 3 aromatic rings. The molecule has 2 heterocycles. The molecule has 120 valence electrons. The van der Waals surface area contributed by atoms with Crippen LogP contribution in [0.3, 0.4) is 0 Å². The Morgan fingerprint density at radius 3 is 2.43 bits per heavy atom. The van der Waals surface area contributed by atoms with Crippen molar-refractivity contribution in [3.8, 4) is 0 Å². The highest BCUT2D eigenvalue weighted by molar-refractivity contribution is 6.31. The molecule has 0 saturated heterocycles. The Morgan fingerprint density at radius 1 is 1.04 bits per heavy atom. The summed E-state index contributed by atoms with van der Waals surface area (Å²) >= 11 is 6.27. The highest BCUT2D eigenvalue weighted by Crippen LogP contribution is 2.25. The fraction of sp³-hybridized carbons (Fsp3) is 0.312. The van der Waals surface area contributed by atoms with E-state index in [2.05, 4.69) is 15.0 Å². The predicted octanol–water partition coefficient (Wildman–Crippen LogP) is 2.66. The Bertz CT molecular complexity index is 840. The molecule has 7 heteroatoms. The van der Waals surface area contributed by atoms with E-state index in [4.69, 9.17) is 11.6 Å². The van der Waals surface area contributed by atoms with Crippen molar-refractivity contribution in [2.75, 3.05) is 38.0 Å². The molecule has 0 radical (unpaired) electrons. The molecule has 0 fully saturated rings. The number of halogens is 1. The van der Waals surface area contributed by atoms with Crippen molar-refractivity contribution in [1.29, 1.82) is 0 Å². The third-order valence-corrected chi connectivity index (χ3v) is 3.92. The van der Waals surface area contributed by atoms with Crippen molar-refractivity contribution in [1.82, 2.24) is 19.5 Å². The summed E-state index contributed by atoms with van der Waals surface area (Å²) in [5.74, 6) is 1.46. The number of nitrogens with zero attached hydrogens (tertiary/aromatic N) is 6.